The van der Waals surface area contributed by atoms with E-state index in [4.69, 9.17) is 4.42 Å². The molecule has 0 unspecified atom stereocenters. The fraction of sp³-hybridized carbons (Fsp3) is 0.0417. The Hall–Kier alpha value is -6.16. The number of hydrogen-bond donors (Lipinski definition) is 0. The van der Waals surface area contributed by atoms with Crippen LogP contribution in [0.1, 0.15) is 0 Å². The van der Waals surface area contributed by atoms with Crippen LogP contribution < -0.4 is 15.3 Å². The third kappa shape index (κ3) is 4.70. The molecule has 3 heteroatoms. The molecule has 0 aliphatic carbocycles. The number of rotatable bonds is 5. The maximum absolute atomic E-state index is 6.35. The number of nitrogens with zero attached hydrogens (tertiary/aromatic N) is 1. The van der Waals surface area contributed by atoms with Gasteiger partial charge < -0.3 is 9.32 Å². The van der Waals surface area contributed by atoms with Gasteiger partial charge >= 0.3 is 0 Å². The molecule has 1 aromatic heterocycles. The van der Waals surface area contributed by atoms with Crippen LogP contribution in [0.25, 0.3) is 66.1 Å². The van der Waals surface area contributed by atoms with Crippen LogP contribution in [0.5, 0.6) is 0 Å². The predicted octanol–water partition coefficient (Wildman–Crippen LogP) is 12.3. The van der Waals surface area contributed by atoms with E-state index in [0.717, 1.165) is 22.5 Å². The zero-order chi connectivity index (χ0) is 34.1. The molecule has 1 aliphatic rings. The molecule has 51 heavy (non-hydrogen) atoms. The molecule has 2 heterocycles. The number of hydrogen-bond acceptors (Lipinski definition) is 2. The molecule has 0 amide bonds. The van der Waals surface area contributed by atoms with Crippen molar-refractivity contribution in [2.75, 3.05) is 4.90 Å². The smallest absolute Gasteiger partial charge is 0.136 e. The number of anilines is 3. The van der Waals surface area contributed by atoms with Crippen LogP contribution in [-0.2, 0) is 0 Å². The van der Waals surface area contributed by atoms with Crippen LogP contribution in [0.15, 0.2) is 180 Å². The molecule has 9 aromatic rings. The SMILES string of the molecule is C[Si]1(C)c2cc(N(c3ccc(-c4ccccc4)cc3)c3ccc(-c4cccc5ccccc45)cc3)ccc2-c2c1ccc1oc3ccccc3c21. The van der Waals surface area contributed by atoms with Gasteiger partial charge in [0.05, 0.1) is 0 Å². The quantitative estimate of drug-likeness (QED) is 0.170. The molecule has 0 atom stereocenters. The largest absolute Gasteiger partial charge is 0.456 e. The van der Waals surface area contributed by atoms with Gasteiger partial charge in [-0.25, -0.2) is 0 Å². The number of para-hydroxylation sites is 1. The van der Waals surface area contributed by atoms with Gasteiger partial charge in [-0.15, -0.1) is 0 Å². The molecule has 0 N–H and O–H groups in total. The van der Waals surface area contributed by atoms with E-state index < -0.39 is 8.07 Å². The highest BCUT2D eigenvalue weighted by Crippen LogP contribution is 2.43. The lowest BCUT2D eigenvalue weighted by Gasteiger charge is -2.28. The summed E-state index contributed by atoms with van der Waals surface area (Å²) in [5, 5.41) is 7.90. The zero-order valence-corrected chi connectivity index (χ0v) is 29.6. The first kappa shape index (κ1) is 29.7. The Morgan fingerprint density at radius 2 is 1.06 bits per heavy atom. The fourth-order valence-electron chi connectivity index (χ4n) is 8.32. The topological polar surface area (TPSA) is 16.4 Å². The van der Waals surface area contributed by atoms with Crippen LogP contribution in [0.2, 0.25) is 13.1 Å². The minimum absolute atomic E-state index is 0.947. The van der Waals surface area contributed by atoms with Gasteiger partial charge in [-0.05, 0) is 103 Å². The van der Waals surface area contributed by atoms with Crippen molar-refractivity contribution < 1.29 is 4.42 Å². The minimum Gasteiger partial charge on any atom is -0.456 e. The monoisotopic (exact) mass is 669 g/mol. The van der Waals surface area contributed by atoms with Gasteiger partial charge in [0.15, 0.2) is 0 Å². The molecule has 242 valence electrons. The maximum atomic E-state index is 6.35. The standard InChI is InChI=1S/C48H35NOSi/c1-51(2)45-30-29-44-47(41-16-8-9-18-43(41)50-44)48(45)42-28-27-38(31-46(42)51)49(36-23-19-33(20-24-36)32-11-4-3-5-12-32)37-25-21-35(22-26-37)40-17-10-14-34-13-6-7-15-39(34)40/h3-31H,1-2H3. The summed E-state index contributed by atoms with van der Waals surface area (Å²) >= 11 is 0. The molecule has 8 aromatic carbocycles. The Balaban J connectivity index is 1.12. The van der Waals surface area contributed by atoms with Gasteiger partial charge in [0.2, 0.25) is 0 Å². The second kappa shape index (κ2) is 11.4. The van der Waals surface area contributed by atoms with E-state index in [9.17, 15) is 0 Å². The maximum Gasteiger partial charge on any atom is 0.136 e. The van der Waals surface area contributed by atoms with E-state index in [-0.39, 0.29) is 0 Å². The Labute approximate surface area is 298 Å². The molecule has 0 spiro atoms. The third-order valence-corrected chi connectivity index (χ3v) is 14.4. The van der Waals surface area contributed by atoms with Crippen molar-refractivity contribution in [1.82, 2.24) is 0 Å². The Bertz CT molecular complexity index is 2750. The van der Waals surface area contributed by atoms with Crippen LogP contribution in [0, 0.1) is 0 Å². The molecule has 0 saturated heterocycles. The first-order valence-electron chi connectivity index (χ1n) is 17.7. The highest BCUT2D eigenvalue weighted by Gasteiger charge is 2.39. The van der Waals surface area contributed by atoms with Crippen molar-refractivity contribution in [2.45, 2.75) is 13.1 Å². The summed E-state index contributed by atoms with van der Waals surface area (Å²) in [5.41, 5.74) is 12.9. The van der Waals surface area contributed by atoms with Crippen molar-refractivity contribution in [3.8, 4) is 33.4 Å². The summed E-state index contributed by atoms with van der Waals surface area (Å²) in [5.74, 6) is 0. The van der Waals surface area contributed by atoms with Crippen molar-refractivity contribution in [2.24, 2.45) is 0 Å². The van der Waals surface area contributed by atoms with Gasteiger partial charge in [0.1, 0.15) is 19.2 Å². The molecule has 1 aliphatic heterocycles. The summed E-state index contributed by atoms with van der Waals surface area (Å²) in [6, 6.07) is 64.0. The van der Waals surface area contributed by atoms with E-state index in [1.807, 2.05) is 0 Å². The molecule has 0 fully saturated rings. The van der Waals surface area contributed by atoms with E-state index in [1.165, 1.54) is 71.0 Å². The minimum atomic E-state index is -2.04. The lowest BCUT2D eigenvalue weighted by Crippen LogP contribution is -2.49. The molecule has 0 bridgehead atoms. The van der Waals surface area contributed by atoms with Gasteiger partial charge in [0, 0.05) is 27.8 Å². The second-order valence-corrected chi connectivity index (χ2v) is 18.5. The average Bonchev–Trinajstić information content (AvgIpc) is 3.67. The number of benzene rings is 8. The molecular weight excluding hydrogens is 635 g/mol. The van der Waals surface area contributed by atoms with Crippen LogP contribution in [-0.4, -0.2) is 8.07 Å². The van der Waals surface area contributed by atoms with Gasteiger partial charge in [0.25, 0.3) is 0 Å². The lowest BCUT2D eigenvalue weighted by molar-refractivity contribution is 0.669. The Morgan fingerprint density at radius 1 is 0.431 bits per heavy atom. The summed E-state index contributed by atoms with van der Waals surface area (Å²) in [6.45, 7) is 4.99. The first-order valence-corrected chi connectivity index (χ1v) is 20.7. The van der Waals surface area contributed by atoms with Gasteiger partial charge in [-0.2, -0.15) is 0 Å². The van der Waals surface area contributed by atoms with E-state index in [0.29, 0.717) is 0 Å². The summed E-state index contributed by atoms with van der Waals surface area (Å²) in [4.78, 5) is 2.41. The van der Waals surface area contributed by atoms with Crippen LogP contribution in [0.4, 0.5) is 17.1 Å². The first-order chi connectivity index (χ1) is 25.0. The van der Waals surface area contributed by atoms with E-state index in [1.54, 1.807) is 0 Å². The Kier molecular flexibility index (Phi) is 6.67. The lowest BCUT2D eigenvalue weighted by atomic mass is 9.97. The van der Waals surface area contributed by atoms with Crippen molar-refractivity contribution >= 4 is 68.2 Å². The second-order valence-electron chi connectivity index (χ2n) is 14.1. The highest BCUT2D eigenvalue weighted by atomic mass is 28.3. The van der Waals surface area contributed by atoms with Gasteiger partial charge in [-0.1, -0.05) is 140 Å². The van der Waals surface area contributed by atoms with Crippen LogP contribution >= 0.6 is 0 Å². The number of fused-ring (bicyclic) bond motifs is 8. The summed E-state index contributed by atoms with van der Waals surface area (Å²) < 4.78 is 6.35. The molecular formula is C48H35NOSi. The fourth-order valence-corrected chi connectivity index (χ4v) is 11.4. The summed E-state index contributed by atoms with van der Waals surface area (Å²) in [6.07, 6.45) is 0. The molecule has 2 nitrogen and oxygen atoms in total. The number of furan rings is 1. The van der Waals surface area contributed by atoms with E-state index >= 15 is 0 Å². The van der Waals surface area contributed by atoms with E-state index in [2.05, 4.69) is 194 Å². The predicted molar refractivity (Wildman–Crippen MR) is 219 cm³/mol. The summed E-state index contributed by atoms with van der Waals surface area (Å²) in [7, 11) is -2.04. The zero-order valence-electron chi connectivity index (χ0n) is 28.6. The molecule has 10 rings (SSSR count). The highest BCUT2D eigenvalue weighted by molar-refractivity contribution is 7.04. The molecule has 0 radical (unpaired) electrons. The van der Waals surface area contributed by atoms with Crippen LogP contribution in [0.3, 0.4) is 0 Å². The third-order valence-electron chi connectivity index (χ3n) is 10.9. The van der Waals surface area contributed by atoms with Crippen molar-refractivity contribution in [1.29, 1.82) is 0 Å². The van der Waals surface area contributed by atoms with Crippen molar-refractivity contribution in [3.63, 3.8) is 0 Å². The van der Waals surface area contributed by atoms with Crippen molar-refractivity contribution in [3.05, 3.63) is 176 Å². The molecule has 0 saturated carbocycles. The van der Waals surface area contributed by atoms with Gasteiger partial charge in [-0.3, -0.25) is 0 Å². The Morgan fingerprint density at radius 3 is 1.84 bits per heavy atom. The normalized spacial score (nSPS) is 13.1. The average molecular weight is 670 g/mol.